The Bertz CT molecular complexity index is 474. The molecule has 1 aromatic rings. The van der Waals surface area contributed by atoms with Gasteiger partial charge in [-0.3, -0.25) is 0 Å². The lowest BCUT2D eigenvalue weighted by Gasteiger charge is -2.13. The third-order valence-electron chi connectivity index (χ3n) is 2.16. The van der Waals surface area contributed by atoms with Crippen molar-refractivity contribution in [3.8, 4) is 23.6 Å². The highest BCUT2D eigenvalue weighted by molar-refractivity contribution is 5.56. The minimum atomic E-state index is 0.300. The first-order chi connectivity index (χ1) is 7.85. The van der Waals surface area contributed by atoms with Gasteiger partial charge < -0.3 is 9.47 Å². The lowest BCUT2D eigenvalue weighted by molar-refractivity contribution is 0.296. The van der Waals surface area contributed by atoms with Crippen LogP contribution in [0.25, 0.3) is 0 Å². The number of hydrogen-bond donors (Lipinski definition) is 0. The predicted molar refractivity (Wildman–Crippen MR) is 56.0 cm³/mol. The van der Waals surface area contributed by atoms with Crippen molar-refractivity contribution in [3.63, 3.8) is 0 Å². The molecule has 0 unspecified atom stereocenters. The van der Waals surface area contributed by atoms with Crippen LogP contribution in [-0.2, 0) is 0 Å². The molecule has 0 fully saturated rings. The molecule has 4 nitrogen and oxygen atoms in total. The van der Waals surface area contributed by atoms with Gasteiger partial charge in [0.2, 0.25) is 0 Å². The van der Waals surface area contributed by atoms with E-state index in [4.69, 9.17) is 20.0 Å². The minimum Gasteiger partial charge on any atom is -0.486 e. The molecule has 0 amide bonds. The number of nitrogens with zero attached hydrogens (tertiary/aromatic N) is 2. The second kappa shape index (κ2) is 4.37. The molecule has 1 aliphatic rings. The Morgan fingerprint density at radius 1 is 0.875 bits per heavy atom. The number of rotatable bonds is 0. The van der Waals surface area contributed by atoms with Crippen LogP contribution in [0.2, 0.25) is 0 Å². The molecule has 1 aliphatic heterocycles. The van der Waals surface area contributed by atoms with Crippen molar-refractivity contribution < 1.29 is 9.47 Å². The van der Waals surface area contributed by atoms with Crippen molar-refractivity contribution in [3.05, 3.63) is 35.4 Å². The summed E-state index contributed by atoms with van der Waals surface area (Å²) in [7, 11) is 0. The van der Waals surface area contributed by atoms with Gasteiger partial charge in [-0.25, -0.2) is 0 Å². The molecule has 0 bridgehead atoms. The molecule has 0 N–H and O–H groups in total. The van der Waals surface area contributed by atoms with E-state index < -0.39 is 0 Å². The van der Waals surface area contributed by atoms with E-state index in [0.29, 0.717) is 35.8 Å². The minimum absolute atomic E-state index is 0.300. The molecular weight excluding hydrogens is 204 g/mol. The Balaban J connectivity index is 2.49. The average molecular weight is 212 g/mol. The van der Waals surface area contributed by atoms with E-state index in [1.54, 1.807) is 0 Å². The molecule has 0 radical (unpaired) electrons. The third-order valence-corrected chi connectivity index (χ3v) is 2.16. The van der Waals surface area contributed by atoms with Gasteiger partial charge in [0, 0.05) is 12.1 Å². The van der Waals surface area contributed by atoms with Crippen molar-refractivity contribution >= 4 is 0 Å². The number of hydrogen-bond acceptors (Lipinski definition) is 4. The van der Waals surface area contributed by atoms with E-state index in [9.17, 15) is 0 Å². The Kier molecular flexibility index (Phi) is 2.75. The summed E-state index contributed by atoms with van der Waals surface area (Å²) in [5, 5.41) is 17.7. The van der Waals surface area contributed by atoms with Gasteiger partial charge in [0.15, 0.2) is 11.5 Å². The van der Waals surface area contributed by atoms with E-state index in [-0.39, 0.29) is 0 Å². The van der Waals surface area contributed by atoms with Gasteiger partial charge in [-0.15, -0.1) is 0 Å². The van der Waals surface area contributed by atoms with Crippen LogP contribution in [0.5, 0.6) is 11.5 Å². The maximum Gasteiger partial charge on any atom is 0.163 e. The summed E-state index contributed by atoms with van der Waals surface area (Å²) in [6.45, 7) is 0.875. The van der Waals surface area contributed by atoms with E-state index in [0.717, 1.165) is 0 Å². The lowest BCUT2D eigenvalue weighted by Crippen LogP contribution is -2.04. The van der Waals surface area contributed by atoms with Crippen LogP contribution in [0.1, 0.15) is 11.1 Å². The van der Waals surface area contributed by atoms with Gasteiger partial charge in [0.1, 0.15) is 25.4 Å². The molecule has 0 aromatic heterocycles. The number of benzene rings is 1. The monoisotopic (exact) mass is 212 g/mol. The summed E-state index contributed by atoms with van der Waals surface area (Å²) in [5.74, 6) is 1.000. The van der Waals surface area contributed by atoms with E-state index in [1.807, 2.05) is 24.3 Å². The normalized spacial score (nSPS) is 13.1. The Hall–Kier alpha value is -2.46. The Labute approximate surface area is 92.9 Å². The summed E-state index contributed by atoms with van der Waals surface area (Å²) in [6.07, 6.45) is 3.68. The van der Waals surface area contributed by atoms with Crippen LogP contribution in [0.3, 0.4) is 0 Å². The van der Waals surface area contributed by atoms with Crippen LogP contribution in [0.4, 0.5) is 0 Å². The van der Waals surface area contributed by atoms with Crippen molar-refractivity contribution in [2.24, 2.45) is 0 Å². The largest absolute Gasteiger partial charge is 0.486 e. The molecule has 2 rings (SSSR count). The molecule has 0 atom stereocenters. The summed E-state index contributed by atoms with van der Waals surface area (Å²) in [6, 6.07) is 6.98. The van der Waals surface area contributed by atoms with Crippen molar-refractivity contribution in [2.45, 2.75) is 0 Å². The van der Waals surface area contributed by atoms with E-state index >= 15 is 0 Å². The lowest BCUT2D eigenvalue weighted by atomic mass is 10.1. The zero-order chi connectivity index (χ0) is 11.4. The van der Waals surface area contributed by atoms with Crippen molar-refractivity contribution in [1.29, 1.82) is 10.5 Å². The maximum atomic E-state index is 8.87. The molecule has 0 spiro atoms. The predicted octanol–water partition coefficient (Wildman–Crippen LogP) is 1.76. The molecule has 1 heterocycles. The van der Waals surface area contributed by atoms with Gasteiger partial charge in [-0.2, -0.15) is 10.5 Å². The van der Waals surface area contributed by atoms with Crippen LogP contribution in [0.15, 0.2) is 24.3 Å². The van der Waals surface area contributed by atoms with Crippen molar-refractivity contribution in [1.82, 2.24) is 0 Å². The second-order valence-corrected chi connectivity index (χ2v) is 3.16. The zero-order valence-electron chi connectivity index (χ0n) is 8.43. The summed E-state index contributed by atoms with van der Waals surface area (Å²) in [4.78, 5) is 0. The number of ether oxygens (including phenoxy) is 2. The van der Waals surface area contributed by atoms with Gasteiger partial charge in [0.25, 0.3) is 0 Å². The Morgan fingerprint density at radius 2 is 1.31 bits per heavy atom. The first-order valence-electron chi connectivity index (χ1n) is 4.74. The standard InChI is InChI=1S/C12H8N2O2/c13-7-9-5-11-12(6-10(9)8-14)16-4-2-1-3-15-11/h1-2,5-6H,3-4H2. The highest BCUT2D eigenvalue weighted by atomic mass is 16.5. The molecule has 78 valence electrons. The summed E-state index contributed by atoms with van der Waals surface area (Å²) >= 11 is 0. The zero-order valence-corrected chi connectivity index (χ0v) is 8.43. The molecule has 1 aromatic carbocycles. The summed E-state index contributed by atoms with van der Waals surface area (Å²) in [5.41, 5.74) is 0.601. The summed E-state index contributed by atoms with van der Waals surface area (Å²) < 4.78 is 10.8. The fourth-order valence-electron chi connectivity index (χ4n) is 1.38. The molecule has 0 saturated heterocycles. The van der Waals surface area contributed by atoms with E-state index in [2.05, 4.69) is 0 Å². The SMILES string of the molecule is N#Cc1cc2c(cc1C#N)OCC=CCO2. The first-order valence-corrected chi connectivity index (χ1v) is 4.74. The molecule has 0 saturated carbocycles. The van der Waals surface area contributed by atoms with E-state index in [1.165, 1.54) is 12.1 Å². The number of fused-ring (bicyclic) bond motifs is 1. The average Bonchev–Trinajstić information content (AvgIpc) is 2.29. The smallest absolute Gasteiger partial charge is 0.163 e. The van der Waals surface area contributed by atoms with Crippen LogP contribution < -0.4 is 9.47 Å². The fraction of sp³-hybridized carbons (Fsp3) is 0.167. The van der Waals surface area contributed by atoms with Crippen LogP contribution in [0, 0.1) is 22.7 Å². The fourth-order valence-corrected chi connectivity index (χ4v) is 1.38. The quantitative estimate of drug-likeness (QED) is 0.614. The third kappa shape index (κ3) is 1.82. The molecular formula is C12H8N2O2. The molecule has 4 heteroatoms. The van der Waals surface area contributed by atoms with Crippen LogP contribution >= 0.6 is 0 Å². The van der Waals surface area contributed by atoms with Gasteiger partial charge >= 0.3 is 0 Å². The van der Waals surface area contributed by atoms with Gasteiger partial charge in [-0.1, -0.05) is 0 Å². The van der Waals surface area contributed by atoms with Gasteiger partial charge in [-0.05, 0) is 12.2 Å². The maximum absolute atomic E-state index is 8.87. The highest BCUT2D eigenvalue weighted by Crippen LogP contribution is 2.31. The van der Waals surface area contributed by atoms with Gasteiger partial charge in [0.05, 0.1) is 11.1 Å². The molecule has 0 aliphatic carbocycles. The molecule has 16 heavy (non-hydrogen) atoms. The topological polar surface area (TPSA) is 66.0 Å². The second-order valence-electron chi connectivity index (χ2n) is 3.16. The van der Waals surface area contributed by atoms with Crippen molar-refractivity contribution in [2.75, 3.05) is 13.2 Å². The number of nitriles is 2. The Morgan fingerprint density at radius 3 is 1.69 bits per heavy atom. The highest BCUT2D eigenvalue weighted by Gasteiger charge is 2.12. The first kappa shape index (κ1) is 10.1. The van der Waals surface area contributed by atoms with Crippen LogP contribution in [-0.4, -0.2) is 13.2 Å².